The van der Waals surface area contributed by atoms with Gasteiger partial charge in [-0.3, -0.25) is 9.59 Å². The van der Waals surface area contributed by atoms with Gasteiger partial charge in [-0.25, -0.2) is 0 Å². The zero-order chi connectivity index (χ0) is 21.2. The van der Waals surface area contributed by atoms with Crippen molar-refractivity contribution >= 4 is 28.8 Å². The highest BCUT2D eigenvalue weighted by atomic mass is 32.1. The molecule has 0 saturated carbocycles. The van der Waals surface area contributed by atoms with Crippen LogP contribution in [0.5, 0.6) is 0 Å². The quantitative estimate of drug-likeness (QED) is 0.738. The SMILES string of the molecule is O=C(c1cc2c(s1)CCC(C(=O)N1CCN(c3ccccc3)CC1)C2)N1CCOCC1. The number of thiophene rings is 1. The van der Waals surface area contributed by atoms with Gasteiger partial charge < -0.3 is 19.4 Å². The van der Waals surface area contributed by atoms with Crippen LogP contribution in [0.3, 0.4) is 0 Å². The van der Waals surface area contributed by atoms with E-state index in [-0.39, 0.29) is 17.7 Å². The lowest BCUT2D eigenvalue weighted by molar-refractivity contribution is -0.136. The normalized spacial score (nSPS) is 21.7. The van der Waals surface area contributed by atoms with Gasteiger partial charge in [0.1, 0.15) is 0 Å². The molecular weight excluding hydrogens is 410 g/mol. The van der Waals surface area contributed by atoms with Gasteiger partial charge >= 0.3 is 0 Å². The highest BCUT2D eigenvalue weighted by molar-refractivity contribution is 7.14. The second kappa shape index (κ2) is 9.01. The lowest BCUT2D eigenvalue weighted by atomic mass is 9.87. The Bertz CT molecular complexity index is 931. The number of carbonyl (C=O) groups is 2. The smallest absolute Gasteiger partial charge is 0.264 e. The number of amides is 2. The monoisotopic (exact) mass is 439 g/mol. The van der Waals surface area contributed by atoms with Gasteiger partial charge in [-0.1, -0.05) is 18.2 Å². The number of benzene rings is 1. The van der Waals surface area contributed by atoms with Crippen LogP contribution in [0.1, 0.15) is 26.5 Å². The minimum atomic E-state index is 0.0386. The molecule has 1 unspecified atom stereocenters. The molecule has 6 nitrogen and oxygen atoms in total. The Morgan fingerprint density at radius 3 is 2.42 bits per heavy atom. The maximum atomic E-state index is 13.2. The summed E-state index contributed by atoms with van der Waals surface area (Å²) < 4.78 is 5.36. The van der Waals surface area contributed by atoms with Crippen molar-refractivity contribution in [2.24, 2.45) is 5.92 Å². The Morgan fingerprint density at radius 2 is 1.68 bits per heavy atom. The second-order valence-corrected chi connectivity index (χ2v) is 9.69. The third-order valence-electron chi connectivity index (χ3n) is 6.65. The van der Waals surface area contributed by atoms with Gasteiger partial charge in [-0.2, -0.15) is 0 Å². The highest BCUT2D eigenvalue weighted by Gasteiger charge is 2.32. The number of rotatable bonds is 3. The number of fused-ring (bicyclic) bond motifs is 1. The van der Waals surface area contributed by atoms with Crippen LogP contribution in [0.25, 0.3) is 0 Å². The van der Waals surface area contributed by atoms with Gasteiger partial charge in [-0.05, 0) is 43.0 Å². The summed E-state index contributed by atoms with van der Waals surface area (Å²) in [4.78, 5) is 34.4. The minimum Gasteiger partial charge on any atom is -0.378 e. The van der Waals surface area contributed by atoms with Crippen LogP contribution in [0, 0.1) is 5.92 Å². The van der Waals surface area contributed by atoms with E-state index in [9.17, 15) is 9.59 Å². The number of nitrogens with zero attached hydrogens (tertiary/aromatic N) is 3. The van der Waals surface area contributed by atoms with Crippen molar-refractivity contribution in [1.82, 2.24) is 9.80 Å². The summed E-state index contributed by atoms with van der Waals surface area (Å²) in [7, 11) is 0. The van der Waals surface area contributed by atoms with E-state index in [1.807, 2.05) is 21.9 Å². The minimum absolute atomic E-state index is 0.0386. The fraction of sp³-hybridized carbons (Fsp3) is 0.500. The summed E-state index contributed by atoms with van der Waals surface area (Å²) in [5.41, 5.74) is 2.43. The van der Waals surface area contributed by atoms with E-state index in [0.717, 1.165) is 50.3 Å². The molecule has 3 heterocycles. The average Bonchev–Trinajstić information content (AvgIpc) is 3.28. The summed E-state index contributed by atoms with van der Waals surface area (Å²) in [6.45, 7) is 5.88. The molecule has 1 aromatic heterocycles. The molecule has 2 aromatic rings. The van der Waals surface area contributed by atoms with E-state index in [2.05, 4.69) is 29.2 Å². The Hall–Kier alpha value is -2.38. The first-order valence-electron chi connectivity index (χ1n) is 11.3. The van der Waals surface area contributed by atoms with Crippen LogP contribution >= 0.6 is 11.3 Å². The Labute approximate surface area is 187 Å². The highest BCUT2D eigenvalue weighted by Crippen LogP contribution is 2.34. The molecule has 2 saturated heterocycles. The fourth-order valence-corrected chi connectivity index (χ4v) is 6.02. The van der Waals surface area contributed by atoms with E-state index in [1.165, 1.54) is 16.1 Å². The third kappa shape index (κ3) is 4.34. The molecular formula is C24H29N3O3S. The molecule has 1 aliphatic carbocycles. The van der Waals surface area contributed by atoms with Gasteiger partial charge in [-0.15, -0.1) is 11.3 Å². The number of para-hydroxylation sites is 1. The first-order chi connectivity index (χ1) is 15.2. The molecule has 1 atom stereocenters. The molecule has 31 heavy (non-hydrogen) atoms. The van der Waals surface area contributed by atoms with Crippen LogP contribution in [-0.4, -0.2) is 74.1 Å². The molecule has 164 valence electrons. The molecule has 2 fully saturated rings. The predicted molar refractivity (Wildman–Crippen MR) is 122 cm³/mol. The van der Waals surface area contributed by atoms with Gasteiger partial charge in [0.25, 0.3) is 5.91 Å². The average molecular weight is 440 g/mol. The second-order valence-electron chi connectivity index (χ2n) is 8.55. The first-order valence-corrected chi connectivity index (χ1v) is 12.1. The summed E-state index contributed by atoms with van der Waals surface area (Å²) >= 11 is 1.62. The Morgan fingerprint density at radius 1 is 0.935 bits per heavy atom. The van der Waals surface area contributed by atoms with Gasteiger partial charge in [0.2, 0.25) is 5.91 Å². The van der Waals surface area contributed by atoms with E-state index in [4.69, 9.17) is 4.74 Å². The standard InChI is InChI=1S/C24H29N3O3S/c28-23(26-10-8-25(9-11-26)20-4-2-1-3-5-20)18-6-7-21-19(16-18)17-22(31-21)24(29)27-12-14-30-15-13-27/h1-5,17-18H,6-16H2. The molecule has 0 bridgehead atoms. The van der Waals surface area contributed by atoms with Crippen LogP contribution in [-0.2, 0) is 22.4 Å². The maximum Gasteiger partial charge on any atom is 0.264 e. The number of morpholine rings is 1. The van der Waals surface area contributed by atoms with Gasteiger partial charge in [0.15, 0.2) is 0 Å². The van der Waals surface area contributed by atoms with Crippen molar-refractivity contribution in [3.8, 4) is 0 Å². The first kappa shape index (κ1) is 20.5. The number of hydrogen-bond acceptors (Lipinski definition) is 5. The molecule has 2 amide bonds. The van der Waals surface area contributed by atoms with Gasteiger partial charge in [0.05, 0.1) is 18.1 Å². The molecule has 0 N–H and O–H groups in total. The number of carbonyl (C=O) groups excluding carboxylic acids is 2. The molecule has 0 spiro atoms. The Balaban J connectivity index is 1.19. The van der Waals surface area contributed by atoms with Crippen LogP contribution < -0.4 is 4.90 Å². The molecule has 5 rings (SSSR count). The van der Waals surface area contributed by atoms with Crippen molar-refractivity contribution in [2.45, 2.75) is 19.3 Å². The Kier molecular flexibility index (Phi) is 5.96. The van der Waals surface area contributed by atoms with Crippen LogP contribution in [0.4, 0.5) is 5.69 Å². The number of piperazine rings is 1. The largest absolute Gasteiger partial charge is 0.378 e. The van der Waals surface area contributed by atoms with Crippen molar-refractivity contribution in [3.63, 3.8) is 0 Å². The number of anilines is 1. The van der Waals surface area contributed by atoms with E-state index in [1.54, 1.807) is 11.3 Å². The summed E-state index contributed by atoms with van der Waals surface area (Å²) in [6, 6.07) is 12.5. The summed E-state index contributed by atoms with van der Waals surface area (Å²) in [6.07, 6.45) is 2.55. The zero-order valence-electron chi connectivity index (χ0n) is 17.8. The summed E-state index contributed by atoms with van der Waals surface area (Å²) in [5, 5.41) is 0. The zero-order valence-corrected chi connectivity index (χ0v) is 18.6. The van der Waals surface area contributed by atoms with Crippen molar-refractivity contribution in [3.05, 3.63) is 51.7 Å². The molecule has 7 heteroatoms. The third-order valence-corrected chi connectivity index (χ3v) is 7.88. The molecule has 1 aromatic carbocycles. The number of hydrogen-bond donors (Lipinski definition) is 0. The number of ether oxygens (including phenoxy) is 1. The lowest BCUT2D eigenvalue weighted by Crippen LogP contribution is -2.51. The van der Waals surface area contributed by atoms with E-state index in [0.29, 0.717) is 26.3 Å². The topological polar surface area (TPSA) is 53.1 Å². The van der Waals surface area contributed by atoms with Crippen molar-refractivity contribution in [1.29, 1.82) is 0 Å². The van der Waals surface area contributed by atoms with E-state index >= 15 is 0 Å². The van der Waals surface area contributed by atoms with Crippen molar-refractivity contribution < 1.29 is 14.3 Å². The fourth-order valence-electron chi connectivity index (χ4n) is 4.84. The molecule has 0 radical (unpaired) electrons. The maximum absolute atomic E-state index is 13.2. The molecule has 2 aliphatic heterocycles. The van der Waals surface area contributed by atoms with Crippen LogP contribution in [0.15, 0.2) is 36.4 Å². The van der Waals surface area contributed by atoms with Crippen molar-refractivity contribution in [2.75, 3.05) is 57.4 Å². The number of aryl methyl sites for hydroxylation is 1. The summed E-state index contributed by atoms with van der Waals surface area (Å²) in [5.74, 6) is 0.435. The lowest BCUT2D eigenvalue weighted by Gasteiger charge is -2.38. The van der Waals surface area contributed by atoms with E-state index < -0.39 is 0 Å². The van der Waals surface area contributed by atoms with Gasteiger partial charge in [0, 0.05) is 55.8 Å². The molecule has 3 aliphatic rings. The van der Waals surface area contributed by atoms with Crippen LogP contribution in [0.2, 0.25) is 0 Å². The predicted octanol–water partition coefficient (Wildman–Crippen LogP) is 2.67.